The normalized spacial score (nSPS) is 13.6. The van der Waals surface area contributed by atoms with Crippen LogP contribution in [0.25, 0.3) is 0 Å². The number of ether oxygens (including phenoxy) is 2. The monoisotopic (exact) mass is 936 g/mol. The van der Waals surface area contributed by atoms with Crippen molar-refractivity contribution in [1.82, 2.24) is 0 Å². The summed E-state index contributed by atoms with van der Waals surface area (Å²) in [6, 6.07) is 0. The molecule has 9 heteroatoms. The summed E-state index contributed by atoms with van der Waals surface area (Å²) in [4.78, 5) is 22.6. The van der Waals surface area contributed by atoms with Crippen LogP contribution < -0.4 is 5.73 Å². The Morgan fingerprint density at radius 1 is 0.477 bits per heavy atom. The second-order valence-electron chi connectivity index (χ2n) is 18.4. The third kappa shape index (κ3) is 53.3. The van der Waals surface area contributed by atoms with Gasteiger partial charge in [-0.3, -0.25) is 13.8 Å². The molecule has 0 aromatic rings. The molecule has 0 saturated heterocycles. The Morgan fingerprint density at radius 2 is 0.862 bits per heavy atom. The van der Waals surface area contributed by atoms with Crippen molar-refractivity contribution in [1.29, 1.82) is 0 Å². The highest BCUT2D eigenvalue weighted by molar-refractivity contribution is 7.47. The molecule has 2 unspecified atom stereocenters. The molecule has 0 heterocycles. The minimum Gasteiger partial charge on any atom is -0.457 e. The van der Waals surface area contributed by atoms with E-state index in [1.54, 1.807) is 0 Å². The number of rotatable bonds is 53. The lowest BCUT2D eigenvalue weighted by Crippen LogP contribution is -2.28. The molecule has 0 bridgehead atoms. The Labute approximate surface area is 402 Å². The van der Waals surface area contributed by atoms with Crippen molar-refractivity contribution in [3.8, 4) is 0 Å². The Bertz CT molecular complexity index is 1140. The topological polar surface area (TPSA) is 117 Å². The van der Waals surface area contributed by atoms with Crippen molar-refractivity contribution in [3.63, 3.8) is 0 Å². The molecule has 0 aromatic carbocycles. The van der Waals surface area contributed by atoms with Crippen LogP contribution in [0.15, 0.2) is 48.6 Å². The Morgan fingerprint density at radius 3 is 1.29 bits per heavy atom. The summed E-state index contributed by atoms with van der Waals surface area (Å²) in [7, 11) is -4.29. The van der Waals surface area contributed by atoms with Gasteiger partial charge in [-0.05, 0) is 51.4 Å². The quantitative estimate of drug-likeness (QED) is 0.0268. The van der Waals surface area contributed by atoms with E-state index in [4.69, 9.17) is 24.3 Å². The molecule has 0 spiro atoms. The standard InChI is InChI=1S/C56H106NO7P/c1-3-5-7-9-11-13-15-17-19-21-23-25-26-27-28-30-32-34-36-38-40-42-44-46-48-51-61-53-55(54-63-65(59,60)62-52-50-57)64-56(58)49-47-45-43-41-39-37-35-33-31-29-24-22-20-18-16-14-12-10-8-6-4-2/h6,8,12,14,18,20,24,29,55H,3-5,7,9-11,13,15-17,19,21-23,25-28,30-54,57H2,1-2H3,(H,59,60)/b8-6-,14-12-,20-18-,29-24-. The molecule has 0 fully saturated rings. The summed E-state index contributed by atoms with van der Waals surface area (Å²) >= 11 is 0. The third-order valence-electron chi connectivity index (χ3n) is 12.0. The molecule has 3 N–H and O–H groups in total. The van der Waals surface area contributed by atoms with Crippen molar-refractivity contribution in [2.45, 2.75) is 270 Å². The first kappa shape index (κ1) is 63.5. The van der Waals surface area contributed by atoms with Crippen LogP contribution in [0.4, 0.5) is 0 Å². The van der Waals surface area contributed by atoms with E-state index in [9.17, 15) is 14.3 Å². The van der Waals surface area contributed by atoms with E-state index in [1.807, 2.05) is 0 Å². The van der Waals surface area contributed by atoms with E-state index in [0.29, 0.717) is 13.0 Å². The molecular formula is C56H106NO7P. The van der Waals surface area contributed by atoms with Gasteiger partial charge in [-0.15, -0.1) is 0 Å². The molecule has 0 aliphatic carbocycles. The maximum Gasteiger partial charge on any atom is 0.472 e. The first-order valence-electron chi connectivity index (χ1n) is 27.6. The fourth-order valence-electron chi connectivity index (χ4n) is 7.99. The second-order valence-corrected chi connectivity index (χ2v) is 19.9. The second kappa shape index (κ2) is 53.4. The molecule has 0 aromatic heterocycles. The average molecular weight is 936 g/mol. The van der Waals surface area contributed by atoms with Gasteiger partial charge < -0.3 is 20.1 Å². The molecule has 0 radical (unpaired) electrons. The Balaban J connectivity index is 3.88. The average Bonchev–Trinajstić information content (AvgIpc) is 3.30. The van der Waals surface area contributed by atoms with Gasteiger partial charge in [0.25, 0.3) is 0 Å². The van der Waals surface area contributed by atoms with Gasteiger partial charge in [0.1, 0.15) is 6.10 Å². The van der Waals surface area contributed by atoms with Gasteiger partial charge in [0.15, 0.2) is 0 Å². The number of carbonyl (C=O) groups is 1. The minimum absolute atomic E-state index is 0.0969. The smallest absolute Gasteiger partial charge is 0.457 e. The number of esters is 1. The predicted octanol–water partition coefficient (Wildman–Crippen LogP) is 17.5. The summed E-state index contributed by atoms with van der Waals surface area (Å²) in [6.07, 6.45) is 65.9. The van der Waals surface area contributed by atoms with Crippen LogP contribution in [-0.4, -0.2) is 49.9 Å². The van der Waals surface area contributed by atoms with Crippen molar-refractivity contribution in [3.05, 3.63) is 48.6 Å². The van der Waals surface area contributed by atoms with Gasteiger partial charge >= 0.3 is 13.8 Å². The molecular weight excluding hydrogens is 830 g/mol. The molecule has 0 saturated carbocycles. The lowest BCUT2D eigenvalue weighted by atomic mass is 10.0. The van der Waals surface area contributed by atoms with Gasteiger partial charge in [0, 0.05) is 19.6 Å². The van der Waals surface area contributed by atoms with Crippen LogP contribution in [0.3, 0.4) is 0 Å². The first-order chi connectivity index (χ1) is 31.9. The maximum absolute atomic E-state index is 12.7. The summed E-state index contributed by atoms with van der Waals surface area (Å²) < 4.78 is 33.7. The highest BCUT2D eigenvalue weighted by atomic mass is 31.2. The highest BCUT2D eigenvalue weighted by Crippen LogP contribution is 2.43. The number of nitrogens with two attached hydrogens (primary N) is 1. The maximum atomic E-state index is 12.7. The van der Waals surface area contributed by atoms with Gasteiger partial charge in [-0.1, -0.05) is 255 Å². The summed E-state index contributed by atoms with van der Waals surface area (Å²) in [5.74, 6) is -0.335. The molecule has 65 heavy (non-hydrogen) atoms. The van der Waals surface area contributed by atoms with Crippen molar-refractivity contribution >= 4 is 13.8 Å². The minimum atomic E-state index is -4.29. The fraction of sp³-hybridized carbons (Fsp3) is 0.839. The van der Waals surface area contributed by atoms with E-state index in [-0.39, 0.29) is 32.3 Å². The lowest BCUT2D eigenvalue weighted by Gasteiger charge is -2.20. The Kier molecular flexibility index (Phi) is 52.1. The lowest BCUT2D eigenvalue weighted by molar-refractivity contribution is -0.154. The predicted molar refractivity (Wildman–Crippen MR) is 279 cm³/mol. The van der Waals surface area contributed by atoms with E-state index < -0.39 is 13.9 Å². The number of allylic oxidation sites excluding steroid dienone is 8. The van der Waals surface area contributed by atoms with Crippen LogP contribution in [0.5, 0.6) is 0 Å². The van der Waals surface area contributed by atoms with E-state index in [2.05, 4.69) is 62.5 Å². The van der Waals surface area contributed by atoms with Gasteiger partial charge in [0.2, 0.25) is 0 Å². The molecule has 0 amide bonds. The van der Waals surface area contributed by atoms with Crippen LogP contribution in [-0.2, 0) is 27.9 Å². The molecule has 382 valence electrons. The zero-order valence-corrected chi connectivity index (χ0v) is 43.6. The van der Waals surface area contributed by atoms with Crippen molar-refractivity contribution < 1.29 is 32.8 Å². The van der Waals surface area contributed by atoms with Crippen molar-refractivity contribution in [2.24, 2.45) is 5.73 Å². The van der Waals surface area contributed by atoms with E-state index >= 15 is 0 Å². The Hall–Kier alpha value is -1.54. The molecule has 8 nitrogen and oxygen atoms in total. The SMILES string of the molecule is CC/C=C\C/C=C\C/C=C\C/C=C\CCCCCCCCCCC(=O)OC(COCCCCCCCCCCCCCCCCCCCCCCCCCCC)COP(=O)(O)OCCN. The summed E-state index contributed by atoms with van der Waals surface area (Å²) in [5.41, 5.74) is 5.40. The van der Waals surface area contributed by atoms with Crippen LogP contribution in [0.1, 0.15) is 264 Å². The first-order valence-corrected chi connectivity index (χ1v) is 29.1. The fourth-order valence-corrected chi connectivity index (χ4v) is 8.76. The summed E-state index contributed by atoms with van der Waals surface area (Å²) in [5, 5.41) is 0. The van der Waals surface area contributed by atoms with E-state index in [1.165, 1.54) is 180 Å². The number of unbranched alkanes of at least 4 members (excludes halogenated alkanes) is 32. The number of phosphoric ester groups is 1. The van der Waals surface area contributed by atoms with E-state index in [0.717, 1.165) is 64.2 Å². The largest absolute Gasteiger partial charge is 0.472 e. The van der Waals surface area contributed by atoms with Crippen LogP contribution >= 0.6 is 7.82 Å². The number of hydrogen-bond acceptors (Lipinski definition) is 7. The number of phosphoric acid groups is 1. The molecule has 0 aliphatic heterocycles. The highest BCUT2D eigenvalue weighted by Gasteiger charge is 2.25. The molecule has 2 atom stereocenters. The number of hydrogen-bond donors (Lipinski definition) is 2. The third-order valence-corrected chi connectivity index (χ3v) is 13.0. The van der Waals surface area contributed by atoms with Gasteiger partial charge in [-0.2, -0.15) is 0 Å². The van der Waals surface area contributed by atoms with Gasteiger partial charge in [-0.25, -0.2) is 4.57 Å². The molecule has 0 aliphatic rings. The zero-order chi connectivity index (χ0) is 47.3. The number of carbonyl (C=O) groups excluding carboxylic acids is 1. The van der Waals surface area contributed by atoms with Crippen LogP contribution in [0.2, 0.25) is 0 Å². The molecule has 0 rings (SSSR count). The zero-order valence-electron chi connectivity index (χ0n) is 42.7. The summed E-state index contributed by atoms with van der Waals surface area (Å²) in [6.45, 7) is 4.85. The van der Waals surface area contributed by atoms with Crippen LogP contribution in [0, 0.1) is 0 Å². The van der Waals surface area contributed by atoms with Crippen molar-refractivity contribution in [2.75, 3.05) is 33.0 Å². The van der Waals surface area contributed by atoms with Gasteiger partial charge in [0.05, 0.1) is 19.8 Å².